The highest BCUT2D eigenvalue weighted by atomic mass is 16.6. The molecule has 0 aromatic heterocycles. The molecule has 2 aliphatic rings. The number of ether oxygens (including phenoxy) is 3. The third-order valence-electron chi connectivity index (χ3n) is 2.83. The second-order valence-electron chi connectivity index (χ2n) is 4.27. The van der Waals surface area contributed by atoms with Crippen molar-refractivity contribution < 1.29 is 19.0 Å². The molecule has 0 spiro atoms. The van der Waals surface area contributed by atoms with E-state index in [-0.39, 0.29) is 18.1 Å². The Balaban J connectivity index is 1.59. The Morgan fingerprint density at radius 2 is 2.12 bits per heavy atom. The molecule has 0 aromatic carbocycles. The van der Waals surface area contributed by atoms with Crippen molar-refractivity contribution >= 4 is 5.91 Å². The van der Waals surface area contributed by atoms with Crippen molar-refractivity contribution in [2.75, 3.05) is 46.1 Å². The number of nitrogens with one attached hydrogen (secondary N) is 2. The van der Waals surface area contributed by atoms with Crippen molar-refractivity contribution in [3.63, 3.8) is 0 Å². The summed E-state index contributed by atoms with van der Waals surface area (Å²) in [6.45, 7) is 4.61. The fraction of sp³-hybridized carbons (Fsp3) is 0.909. The Labute approximate surface area is 101 Å². The first-order chi connectivity index (χ1) is 8.34. The lowest BCUT2D eigenvalue weighted by Crippen LogP contribution is -2.44. The van der Waals surface area contributed by atoms with Gasteiger partial charge >= 0.3 is 0 Å². The quantitative estimate of drug-likeness (QED) is 0.657. The van der Waals surface area contributed by atoms with E-state index in [4.69, 9.17) is 14.2 Å². The standard InChI is InChI=1S/C11H20N2O4/c14-11(5-9-6-12-1-2-16-9)13-7-10-8-15-3-4-17-10/h9-10,12H,1-8H2,(H,13,14). The van der Waals surface area contributed by atoms with Crippen molar-refractivity contribution in [3.8, 4) is 0 Å². The Kier molecular flexibility index (Phi) is 5.18. The summed E-state index contributed by atoms with van der Waals surface area (Å²) < 4.78 is 16.1. The van der Waals surface area contributed by atoms with Gasteiger partial charge in [0.25, 0.3) is 0 Å². The van der Waals surface area contributed by atoms with Gasteiger partial charge in [0.2, 0.25) is 5.91 Å². The summed E-state index contributed by atoms with van der Waals surface area (Å²) in [5.74, 6) is 0.00729. The number of rotatable bonds is 4. The van der Waals surface area contributed by atoms with Gasteiger partial charge in [0, 0.05) is 19.6 Å². The molecule has 6 heteroatoms. The molecule has 0 bridgehead atoms. The molecule has 2 saturated heterocycles. The summed E-state index contributed by atoms with van der Waals surface area (Å²) >= 11 is 0. The number of carbonyl (C=O) groups is 1. The van der Waals surface area contributed by atoms with Gasteiger partial charge in [-0.05, 0) is 0 Å². The van der Waals surface area contributed by atoms with Gasteiger partial charge < -0.3 is 24.8 Å². The van der Waals surface area contributed by atoms with Gasteiger partial charge in [-0.2, -0.15) is 0 Å². The fourth-order valence-electron chi connectivity index (χ4n) is 1.91. The number of carbonyl (C=O) groups excluding carboxylic acids is 1. The molecule has 2 heterocycles. The Morgan fingerprint density at radius 3 is 2.82 bits per heavy atom. The maximum absolute atomic E-state index is 11.6. The molecule has 98 valence electrons. The topological polar surface area (TPSA) is 68.8 Å². The van der Waals surface area contributed by atoms with E-state index in [1.807, 2.05) is 0 Å². The Morgan fingerprint density at radius 1 is 1.24 bits per heavy atom. The predicted molar refractivity (Wildman–Crippen MR) is 60.8 cm³/mol. The SMILES string of the molecule is O=C(CC1CNCCO1)NCC1COCCO1. The van der Waals surface area contributed by atoms with E-state index in [2.05, 4.69) is 10.6 Å². The average Bonchev–Trinajstić information content (AvgIpc) is 2.39. The zero-order valence-corrected chi connectivity index (χ0v) is 9.94. The summed E-state index contributed by atoms with van der Waals surface area (Å²) in [7, 11) is 0. The van der Waals surface area contributed by atoms with Crippen LogP contribution in [0.2, 0.25) is 0 Å². The van der Waals surface area contributed by atoms with Crippen LogP contribution in [-0.2, 0) is 19.0 Å². The first-order valence-corrected chi connectivity index (χ1v) is 6.13. The van der Waals surface area contributed by atoms with E-state index in [0.29, 0.717) is 39.4 Å². The molecule has 2 N–H and O–H groups in total. The summed E-state index contributed by atoms with van der Waals surface area (Å²) in [4.78, 5) is 11.6. The Bertz CT molecular complexity index is 238. The molecule has 2 fully saturated rings. The second kappa shape index (κ2) is 6.90. The van der Waals surface area contributed by atoms with Crippen LogP contribution in [-0.4, -0.2) is 64.2 Å². The zero-order valence-electron chi connectivity index (χ0n) is 9.94. The molecule has 0 aromatic rings. The number of morpholine rings is 1. The molecule has 2 rings (SSSR count). The van der Waals surface area contributed by atoms with Gasteiger partial charge in [-0.25, -0.2) is 0 Å². The van der Waals surface area contributed by atoms with Crippen LogP contribution in [0.4, 0.5) is 0 Å². The van der Waals surface area contributed by atoms with Gasteiger partial charge in [0.15, 0.2) is 0 Å². The molecule has 0 aliphatic carbocycles. The van der Waals surface area contributed by atoms with E-state index >= 15 is 0 Å². The summed E-state index contributed by atoms with van der Waals surface area (Å²) in [5, 5.41) is 6.04. The maximum atomic E-state index is 11.6. The van der Waals surface area contributed by atoms with E-state index in [1.54, 1.807) is 0 Å². The first kappa shape index (κ1) is 12.8. The number of amides is 1. The molecule has 2 unspecified atom stereocenters. The van der Waals surface area contributed by atoms with Crippen LogP contribution in [0.3, 0.4) is 0 Å². The molecule has 0 saturated carbocycles. The van der Waals surface area contributed by atoms with Crippen LogP contribution in [0.5, 0.6) is 0 Å². The maximum Gasteiger partial charge on any atom is 0.222 e. The lowest BCUT2D eigenvalue weighted by Gasteiger charge is -2.25. The smallest absolute Gasteiger partial charge is 0.222 e. The second-order valence-corrected chi connectivity index (χ2v) is 4.27. The lowest BCUT2D eigenvalue weighted by atomic mass is 10.2. The minimum Gasteiger partial charge on any atom is -0.376 e. The third kappa shape index (κ3) is 4.59. The predicted octanol–water partition coefficient (Wildman–Crippen LogP) is -1.10. The van der Waals surface area contributed by atoms with Crippen LogP contribution in [0.25, 0.3) is 0 Å². The van der Waals surface area contributed by atoms with Crippen molar-refractivity contribution in [1.29, 1.82) is 0 Å². The van der Waals surface area contributed by atoms with E-state index in [9.17, 15) is 4.79 Å². The normalized spacial score (nSPS) is 29.9. The molecular weight excluding hydrogens is 224 g/mol. The third-order valence-corrected chi connectivity index (χ3v) is 2.83. The largest absolute Gasteiger partial charge is 0.376 e. The van der Waals surface area contributed by atoms with Gasteiger partial charge in [-0.1, -0.05) is 0 Å². The average molecular weight is 244 g/mol. The summed E-state index contributed by atoms with van der Waals surface area (Å²) in [6, 6.07) is 0. The van der Waals surface area contributed by atoms with Gasteiger partial charge in [-0.15, -0.1) is 0 Å². The van der Waals surface area contributed by atoms with Gasteiger partial charge in [0.05, 0.1) is 45.1 Å². The molecule has 1 amide bonds. The highest BCUT2D eigenvalue weighted by Crippen LogP contribution is 2.02. The minimum atomic E-state index is -0.0156. The first-order valence-electron chi connectivity index (χ1n) is 6.13. The molecule has 2 aliphatic heterocycles. The van der Waals surface area contributed by atoms with Crippen molar-refractivity contribution in [2.24, 2.45) is 0 Å². The van der Waals surface area contributed by atoms with Crippen molar-refractivity contribution in [3.05, 3.63) is 0 Å². The fourth-order valence-corrected chi connectivity index (χ4v) is 1.91. The van der Waals surface area contributed by atoms with Crippen LogP contribution < -0.4 is 10.6 Å². The monoisotopic (exact) mass is 244 g/mol. The Hall–Kier alpha value is -0.690. The molecule has 17 heavy (non-hydrogen) atoms. The molecular formula is C11H20N2O4. The highest BCUT2D eigenvalue weighted by molar-refractivity contribution is 5.76. The summed E-state index contributed by atoms with van der Waals surface area (Å²) in [5.41, 5.74) is 0. The van der Waals surface area contributed by atoms with Crippen molar-refractivity contribution in [1.82, 2.24) is 10.6 Å². The molecule has 2 atom stereocenters. The van der Waals surface area contributed by atoms with Gasteiger partial charge in [0.1, 0.15) is 0 Å². The van der Waals surface area contributed by atoms with E-state index < -0.39 is 0 Å². The number of hydrogen-bond acceptors (Lipinski definition) is 5. The molecule has 0 radical (unpaired) electrons. The highest BCUT2D eigenvalue weighted by Gasteiger charge is 2.19. The van der Waals surface area contributed by atoms with Crippen molar-refractivity contribution in [2.45, 2.75) is 18.6 Å². The zero-order chi connectivity index (χ0) is 11.9. The van der Waals surface area contributed by atoms with E-state index in [0.717, 1.165) is 13.1 Å². The van der Waals surface area contributed by atoms with E-state index in [1.165, 1.54) is 0 Å². The lowest BCUT2D eigenvalue weighted by molar-refractivity contribution is -0.127. The van der Waals surface area contributed by atoms with Crippen LogP contribution in [0, 0.1) is 0 Å². The number of hydrogen-bond donors (Lipinski definition) is 2. The minimum absolute atomic E-state index is 0.00715. The van der Waals surface area contributed by atoms with Crippen LogP contribution in [0.15, 0.2) is 0 Å². The summed E-state index contributed by atoms with van der Waals surface area (Å²) in [6.07, 6.45) is 0.381. The van der Waals surface area contributed by atoms with Crippen LogP contribution >= 0.6 is 0 Å². The van der Waals surface area contributed by atoms with Crippen LogP contribution in [0.1, 0.15) is 6.42 Å². The molecule has 6 nitrogen and oxygen atoms in total. The van der Waals surface area contributed by atoms with Gasteiger partial charge in [-0.3, -0.25) is 4.79 Å².